The average molecular weight is 600 g/mol. The molecular formula is C32H32S2SiZr. The summed E-state index contributed by atoms with van der Waals surface area (Å²) in [5.74, 6) is 0.596. The minimum Gasteiger partial charge on any atom is -0.165 e. The molecule has 0 aliphatic heterocycles. The Hall–Kier alpha value is -1.84. The van der Waals surface area contributed by atoms with Crippen LogP contribution in [0.2, 0.25) is 13.1 Å². The number of hydrogen-bond donors (Lipinski definition) is 0. The average Bonchev–Trinajstić information content (AvgIpc) is 3.64. The number of rotatable bonds is 3. The summed E-state index contributed by atoms with van der Waals surface area (Å²) in [6.07, 6.45) is 0. The molecule has 0 N–H and O–H groups in total. The Morgan fingerprint density at radius 1 is 0.722 bits per heavy atom. The van der Waals surface area contributed by atoms with E-state index in [4.69, 9.17) is 0 Å². The van der Waals surface area contributed by atoms with Gasteiger partial charge in [-0.2, -0.15) is 12.1 Å². The van der Waals surface area contributed by atoms with E-state index in [-0.39, 0.29) is 5.43 Å². The van der Waals surface area contributed by atoms with Gasteiger partial charge < -0.3 is 0 Å². The maximum absolute atomic E-state index is 2.34. The van der Waals surface area contributed by atoms with Crippen molar-refractivity contribution in [2.75, 3.05) is 0 Å². The van der Waals surface area contributed by atoms with Gasteiger partial charge in [-0.3, -0.25) is 0 Å². The summed E-state index contributed by atoms with van der Waals surface area (Å²) >= 11 is 5.35. The molecule has 4 heteroatoms. The summed E-state index contributed by atoms with van der Waals surface area (Å²) < 4.78 is 0. The van der Waals surface area contributed by atoms with E-state index in [0.717, 1.165) is 0 Å². The Bertz CT molecular complexity index is 1540. The molecule has 2 aromatic heterocycles. The number of aryl methyl sites for hydroxylation is 1. The SMILES string of the molecule is CC(C)c1cc2c(-c3cccs3)cccc2[cH-]1.C[Si](C)=[Zr+2].Cc1cc2c(-c3cccs3)cccc2[cH-]1. The first-order valence-corrected chi connectivity index (χ1v) is 20.2. The van der Waals surface area contributed by atoms with Gasteiger partial charge in [0.25, 0.3) is 0 Å². The van der Waals surface area contributed by atoms with Gasteiger partial charge >= 0.3 is 41.9 Å². The fraction of sp³-hybridized carbons (Fsp3) is 0.188. The summed E-state index contributed by atoms with van der Waals surface area (Å²) in [5, 5.41) is 9.74. The first-order valence-electron chi connectivity index (χ1n) is 12.3. The van der Waals surface area contributed by atoms with E-state index in [9.17, 15) is 0 Å². The van der Waals surface area contributed by atoms with Crippen molar-refractivity contribution in [2.24, 2.45) is 0 Å². The number of fused-ring (bicyclic) bond motifs is 2. The van der Waals surface area contributed by atoms with Crippen molar-refractivity contribution in [1.29, 1.82) is 0 Å². The predicted octanol–water partition coefficient (Wildman–Crippen LogP) is 10.8. The Morgan fingerprint density at radius 3 is 1.69 bits per heavy atom. The molecule has 180 valence electrons. The summed E-state index contributed by atoms with van der Waals surface area (Å²) in [5.41, 5.74) is 5.71. The largest absolute Gasteiger partial charge is 0.165 e. The molecule has 0 atom stereocenters. The van der Waals surface area contributed by atoms with Gasteiger partial charge in [-0.15, -0.1) is 91.7 Å². The minimum atomic E-state index is 0.210. The van der Waals surface area contributed by atoms with E-state index in [1.807, 2.05) is 11.3 Å². The molecule has 0 saturated heterocycles. The molecule has 2 heterocycles. The van der Waals surface area contributed by atoms with Crippen LogP contribution in [-0.2, 0) is 23.3 Å². The molecule has 0 amide bonds. The molecule has 4 aromatic carbocycles. The molecular weight excluding hydrogens is 568 g/mol. The van der Waals surface area contributed by atoms with Gasteiger partial charge in [0.2, 0.25) is 0 Å². The van der Waals surface area contributed by atoms with E-state index in [2.05, 4.69) is 130 Å². The van der Waals surface area contributed by atoms with Crippen LogP contribution in [0.1, 0.15) is 30.9 Å². The van der Waals surface area contributed by atoms with Crippen LogP contribution in [0, 0.1) is 6.92 Å². The van der Waals surface area contributed by atoms with E-state index in [1.165, 1.54) is 53.6 Å². The van der Waals surface area contributed by atoms with Gasteiger partial charge in [0, 0.05) is 9.75 Å². The molecule has 0 nitrogen and oxygen atoms in total. The van der Waals surface area contributed by atoms with Crippen LogP contribution in [0.5, 0.6) is 0 Å². The van der Waals surface area contributed by atoms with Gasteiger partial charge in [0.15, 0.2) is 0 Å². The number of hydrogen-bond acceptors (Lipinski definition) is 2. The molecule has 0 bridgehead atoms. The van der Waals surface area contributed by atoms with Crippen molar-refractivity contribution in [2.45, 2.75) is 39.8 Å². The normalized spacial score (nSPS) is 10.8. The van der Waals surface area contributed by atoms with Crippen molar-refractivity contribution < 1.29 is 23.3 Å². The summed E-state index contributed by atoms with van der Waals surface area (Å²) in [7, 11) is 0. The van der Waals surface area contributed by atoms with Crippen LogP contribution >= 0.6 is 22.7 Å². The Labute approximate surface area is 238 Å². The first-order chi connectivity index (χ1) is 17.3. The predicted molar refractivity (Wildman–Crippen MR) is 162 cm³/mol. The number of benzene rings is 2. The molecule has 6 aromatic rings. The zero-order chi connectivity index (χ0) is 25.7. The van der Waals surface area contributed by atoms with Gasteiger partial charge in [-0.05, 0) is 28.8 Å². The maximum atomic E-state index is 2.34. The minimum absolute atomic E-state index is 0.210. The molecule has 0 aliphatic rings. The van der Waals surface area contributed by atoms with E-state index >= 15 is 0 Å². The third-order valence-corrected chi connectivity index (χ3v) is 7.71. The fourth-order valence-electron chi connectivity index (χ4n) is 4.27. The fourth-order valence-corrected chi connectivity index (χ4v) is 5.80. The molecule has 0 aliphatic carbocycles. The van der Waals surface area contributed by atoms with E-state index in [1.54, 1.807) is 34.7 Å². The molecule has 6 rings (SSSR count). The number of thiophene rings is 2. The van der Waals surface area contributed by atoms with Crippen molar-refractivity contribution in [1.82, 2.24) is 0 Å². The Morgan fingerprint density at radius 2 is 1.22 bits per heavy atom. The topological polar surface area (TPSA) is 0 Å². The third kappa shape index (κ3) is 6.72. The molecule has 36 heavy (non-hydrogen) atoms. The first kappa shape index (κ1) is 27.2. The van der Waals surface area contributed by atoms with Gasteiger partial charge in [-0.25, -0.2) is 0 Å². The summed E-state index contributed by atoms with van der Waals surface area (Å²) in [6, 6.07) is 30.9. The van der Waals surface area contributed by atoms with Crippen molar-refractivity contribution in [3.63, 3.8) is 0 Å². The van der Waals surface area contributed by atoms with Crippen LogP contribution in [0.4, 0.5) is 0 Å². The van der Waals surface area contributed by atoms with Gasteiger partial charge in [0.05, 0.1) is 0 Å². The summed E-state index contributed by atoms with van der Waals surface area (Å²) in [4.78, 5) is 2.71. The quantitative estimate of drug-likeness (QED) is 0.140. The Kier molecular flexibility index (Phi) is 9.52. The smallest absolute Gasteiger partial charge is 0.0248 e. The molecule has 0 fully saturated rings. The van der Waals surface area contributed by atoms with Crippen molar-refractivity contribution in [3.8, 4) is 20.9 Å². The second-order valence-electron chi connectivity index (χ2n) is 9.55. The second-order valence-corrected chi connectivity index (χ2v) is 20.8. The van der Waals surface area contributed by atoms with Gasteiger partial charge in [0.1, 0.15) is 0 Å². The van der Waals surface area contributed by atoms with Crippen LogP contribution in [0.3, 0.4) is 0 Å². The standard InChI is InChI=1S/C16H15S.C14H11S.C2H6Si.Zr/c1-11(2)13-9-12-5-3-6-14(15(12)10-13)16-7-4-8-17-16;1-10-8-11-4-2-5-12(13(11)9-10)14-6-3-7-15-14;1-3-2;/h3-11H,1-2H3;2-9H,1H3;1-2H3;/q2*-1;;+2. The van der Waals surface area contributed by atoms with Crippen LogP contribution in [-0.4, -0.2) is 5.43 Å². The van der Waals surface area contributed by atoms with Crippen molar-refractivity contribution >= 4 is 49.7 Å². The van der Waals surface area contributed by atoms with E-state index < -0.39 is 0 Å². The monoisotopic (exact) mass is 598 g/mol. The maximum Gasteiger partial charge on any atom is 0.0248 e. The molecule has 0 radical (unpaired) electrons. The van der Waals surface area contributed by atoms with Crippen LogP contribution in [0.25, 0.3) is 42.4 Å². The van der Waals surface area contributed by atoms with Crippen LogP contribution < -0.4 is 0 Å². The summed E-state index contributed by atoms with van der Waals surface area (Å²) in [6.45, 7) is 11.3. The van der Waals surface area contributed by atoms with E-state index in [0.29, 0.717) is 5.92 Å². The second kappa shape index (κ2) is 12.6. The molecule has 0 spiro atoms. The molecule has 0 saturated carbocycles. The zero-order valence-electron chi connectivity index (χ0n) is 21.6. The zero-order valence-corrected chi connectivity index (χ0v) is 26.7. The third-order valence-electron chi connectivity index (χ3n) is 5.91. The van der Waals surface area contributed by atoms with Crippen LogP contribution in [0.15, 0.2) is 95.7 Å². The van der Waals surface area contributed by atoms with Gasteiger partial charge in [-0.1, -0.05) is 56.2 Å². The molecule has 0 unspecified atom stereocenters. The Balaban J connectivity index is 0.000000148. The van der Waals surface area contributed by atoms with Crippen molar-refractivity contribution in [3.05, 3.63) is 107 Å².